The minimum Gasteiger partial charge on any atom is -0.127 e. The summed E-state index contributed by atoms with van der Waals surface area (Å²) in [6, 6.07) is 10.0. The lowest BCUT2D eigenvalue weighted by Crippen LogP contribution is -2.16. The molecule has 88 valence electrons. The molecule has 1 aliphatic carbocycles. The van der Waals surface area contributed by atoms with Crippen molar-refractivity contribution in [3.05, 3.63) is 59.2 Å². The molecule has 2 rings (SSSR count). The first-order valence-corrected chi connectivity index (χ1v) is 9.57. The van der Waals surface area contributed by atoms with Gasteiger partial charge in [0.2, 0.25) is 0 Å². The summed E-state index contributed by atoms with van der Waals surface area (Å²) in [7, 11) is -1.30. The number of hydrogen-bond acceptors (Lipinski definition) is 0. The van der Waals surface area contributed by atoms with E-state index >= 15 is 0 Å². The Kier molecular flexibility index (Phi) is 3.56. The summed E-state index contributed by atoms with van der Waals surface area (Å²) >= 11 is 0. The van der Waals surface area contributed by atoms with E-state index in [1.807, 2.05) is 42.5 Å². The smallest absolute Gasteiger partial charge is 0.127 e. The van der Waals surface area contributed by atoms with E-state index in [4.69, 9.17) is 0 Å². The van der Waals surface area contributed by atoms with Gasteiger partial charge in [-0.25, -0.2) is 0 Å². The van der Waals surface area contributed by atoms with Crippen LogP contribution in [0, 0.1) is 23.3 Å². The minimum atomic E-state index is -1.30. The first-order valence-electron chi connectivity index (χ1n) is 6.07. The van der Waals surface area contributed by atoms with Crippen LogP contribution < -0.4 is 0 Å². The Balaban J connectivity index is 2.16. The van der Waals surface area contributed by atoms with Crippen LogP contribution >= 0.6 is 0 Å². The Bertz CT molecular complexity index is 617. The van der Waals surface area contributed by atoms with Crippen LogP contribution in [-0.4, -0.2) is 8.07 Å². The predicted octanol–water partition coefficient (Wildman–Crippen LogP) is 3.79. The molecule has 0 amide bonds. The molecule has 0 aromatic heterocycles. The van der Waals surface area contributed by atoms with Gasteiger partial charge < -0.3 is 0 Å². The minimum absolute atomic E-state index is 1.04. The van der Waals surface area contributed by atoms with Crippen molar-refractivity contribution < 1.29 is 0 Å². The fourth-order valence-electron chi connectivity index (χ4n) is 1.38. The van der Waals surface area contributed by atoms with E-state index in [2.05, 4.69) is 42.9 Å². The SMILES string of the molecule is C[Si](C)(C)C#CC1=C(C#Cc2ccccc2)C=C1. The van der Waals surface area contributed by atoms with Gasteiger partial charge in [-0.2, -0.15) is 0 Å². The standard InChI is InChI=1S/C17H16Si/c1-18(2,3)14-13-17-12-11-16(17)10-9-15-7-5-4-6-8-15/h4-8,11-12H,1-3H3. The molecule has 0 radical (unpaired) electrons. The summed E-state index contributed by atoms with van der Waals surface area (Å²) in [6.07, 6.45) is 4.08. The van der Waals surface area contributed by atoms with Gasteiger partial charge in [0.15, 0.2) is 0 Å². The molecule has 0 fully saturated rings. The van der Waals surface area contributed by atoms with Crippen molar-refractivity contribution >= 4 is 8.07 Å². The molecule has 1 aromatic rings. The first kappa shape index (κ1) is 12.5. The van der Waals surface area contributed by atoms with E-state index in [1.54, 1.807) is 0 Å². The molecule has 0 nitrogen and oxygen atoms in total. The van der Waals surface area contributed by atoms with Gasteiger partial charge in [0.1, 0.15) is 8.07 Å². The van der Waals surface area contributed by atoms with Crippen LogP contribution in [-0.2, 0) is 0 Å². The lowest BCUT2D eigenvalue weighted by molar-refractivity contribution is 1.54. The Labute approximate surface area is 110 Å². The Morgan fingerprint density at radius 1 is 0.778 bits per heavy atom. The molecule has 0 heterocycles. The van der Waals surface area contributed by atoms with E-state index in [0.717, 1.165) is 16.7 Å². The molecule has 0 saturated carbocycles. The van der Waals surface area contributed by atoms with Crippen molar-refractivity contribution in [3.63, 3.8) is 0 Å². The summed E-state index contributed by atoms with van der Waals surface area (Å²) in [5.74, 6) is 9.58. The first-order chi connectivity index (χ1) is 8.54. The summed E-state index contributed by atoms with van der Waals surface area (Å²) in [4.78, 5) is 0. The Hall–Kier alpha value is -1.96. The molecular weight excluding hydrogens is 232 g/mol. The molecule has 1 aliphatic rings. The van der Waals surface area contributed by atoms with E-state index in [0.29, 0.717) is 0 Å². The zero-order valence-corrected chi connectivity index (χ0v) is 12.0. The molecule has 0 saturated heterocycles. The maximum Gasteiger partial charge on any atom is 0.129 e. The van der Waals surface area contributed by atoms with Gasteiger partial charge >= 0.3 is 0 Å². The van der Waals surface area contributed by atoms with Crippen molar-refractivity contribution in [2.75, 3.05) is 0 Å². The summed E-state index contributed by atoms with van der Waals surface area (Å²) in [5.41, 5.74) is 6.55. The molecule has 0 spiro atoms. The highest BCUT2D eigenvalue weighted by Gasteiger charge is 2.09. The van der Waals surface area contributed by atoms with Crippen LogP contribution in [0.25, 0.3) is 0 Å². The Morgan fingerprint density at radius 3 is 1.94 bits per heavy atom. The highest BCUT2D eigenvalue weighted by atomic mass is 28.3. The summed E-state index contributed by atoms with van der Waals surface area (Å²) in [5, 5.41) is 0. The molecule has 0 unspecified atom stereocenters. The zero-order chi connectivity index (χ0) is 13.0. The van der Waals surface area contributed by atoms with Crippen molar-refractivity contribution in [3.8, 4) is 23.3 Å². The zero-order valence-electron chi connectivity index (χ0n) is 11.0. The van der Waals surface area contributed by atoms with Crippen LogP contribution in [0.15, 0.2) is 53.6 Å². The molecular formula is C17H16Si. The second-order valence-corrected chi connectivity index (χ2v) is 10.0. The lowest BCUT2D eigenvalue weighted by atomic mass is 9.99. The number of rotatable bonds is 0. The fourth-order valence-corrected chi connectivity index (χ4v) is 1.89. The highest BCUT2D eigenvalue weighted by Crippen LogP contribution is 2.17. The van der Waals surface area contributed by atoms with Crippen LogP contribution in [0.5, 0.6) is 0 Å². The van der Waals surface area contributed by atoms with E-state index in [-0.39, 0.29) is 0 Å². The van der Waals surface area contributed by atoms with Gasteiger partial charge in [-0.05, 0) is 24.3 Å². The second-order valence-electron chi connectivity index (χ2n) is 5.28. The average Bonchev–Trinajstić information content (AvgIpc) is 2.28. The summed E-state index contributed by atoms with van der Waals surface area (Å²) < 4.78 is 0. The predicted molar refractivity (Wildman–Crippen MR) is 80.6 cm³/mol. The van der Waals surface area contributed by atoms with Crippen LogP contribution in [0.1, 0.15) is 5.56 Å². The maximum absolute atomic E-state index is 3.36. The molecule has 1 heteroatoms. The monoisotopic (exact) mass is 248 g/mol. The van der Waals surface area contributed by atoms with Crippen molar-refractivity contribution in [2.45, 2.75) is 19.6 Å². The average molecular weight is 248 g/mol. The normalized spacial score (nSPS) is 13.1. The lowest BCUT2D eigenvalue weighted by Gasteiger charge is -2.07. The van der Waals surface area contributed by atoms with Crippen molar-refractivity contribution in [2.24, 2.45) is 0 Å². The highest BCUT2D eigenvalue weighted by molar-refractivity contribution is 6.83. The molecule has 0 N–H and O–H groups in total. The van der Waals surface area contributed by atoms with Gasteiger partial charge in [-0.1, -0.05) is 55.6 Å². The van der Waals surface area contributed by atoms with Gasteiger partial charge in [0, 0.05) is 16.7 Å². The topological polar surface area (TPSA) is 0 Å². The molecule has 0 atom stereocenters. The maximum atomic E-state index is 3.36. The Morgan fingerprint density at radius 2 is 1.39 bits per heavy atom. The molecule has 1 aromatic carbocycles. The third-order valence-electron chi connectivity index (χ3n) is 2.39. The van der Waals surface area contributed by atoms with Crippen molar-refractivity contribution in [1.82, 2.24) is 0 Å². The van der Waals surface area contributed by atoms with E-state index in [9.17, 15) is 0 Å². The van der Waals surface area contributed by atoms with Crippen molar-refractivity contribution in [1.29, 1.82) is 0 Å². The fraction of sp³-hybridized carbons (Fsp3) is 0.176. The number of benzene rings is 1. The van der Waals surface area contributed by atoms with Crippen LogP contribution in [0.4, 0.5) is 0 Å². The van der Waals surface area contributed by atoms with Gasteiger partial charge in [-0.3, -0.25) is 0 Å². The van der Waals surface area contributed by atoms with Crippen LogP contribution in [0.3, 0.4) is 0 Å². The summed E-state index contributed by atoms with van der Waals surface area (Å²) in [6.45, 7) is 6.74. The molecule has 18 heavy (non-hydrogen) atoms. The number of hydrogen-bond donors (Lipinski definition) is 0. The molecule has 0 aliphatic heterocycles. The largest absolute Gasteiger partial charge is 0.129 e. The van der Waals surface area contributed by atoms with E-state index < -0.39 is 8.07 Å². The van der Waals surface area contributed by atoms with Gasteiger partial charge in [-0.15, -0.1) is 5.54 Å². The van der Waals surface area contributed by atoms with Gasteiger partial charge in [0.25, 0.3) is 0 Å². The van der Waals surface area contributed by atoms with Gasteiger partial charge in [0.05, 0.1) is 0 Å². The number of allylic oxidation sites excluding steroid dienone is 4. The second kappa shape index (κ2) is 5.13. The van der Waals surface area contributed by atoms with E-state index in [1.165, 1.54) is 0 Å². The third-order valence-corrected chi connectivity index (χ3v) is 3.27. The van der Waals surface area contributed by atoms with Crippen LogP contribution in [0.2, 0.25) is 19.6 Å². The third kappa shape index (κ3) is 3.52. The molecule has 0 bridgehead atoms. The quantitative estimate of drug-likeness (QED) is 0.484.